The van der Waals surface area contributed by atoms with Crippen molar-refractivity contribution in [3.8, 4) is 11.4 Å². The van der Waals surface area contributed by atoms with Crippen molar-refractivity contribution in [3.05, 3.63) is 105 Å². The molecule has 35 heavy (non-hydrogen) atoms. The van der Waals surface area contributed by atoms with Gasteiger partial charge in [0, 0.05) is 34.6 Å². The van der Waals surface area contributed by atoms with Crippen LogP contribution in [0.5, 0.6) is 0 Å². The highest BCUT2D eigenvalue weighted by Crippen LogP contribution is 2.37. The summed E-state index contributed by atoms with van der Waals surface area (Å²) in [4.78, 5) is 32.9. The van der Waals surface area contributed by atoms with Gasteiger partial charge >= 0.3 is 0 Å². The van der Waals surface area contributed by atoms with Gasteiger partial charge in [-0.25, -0.2) is 9.67 Å². The van der Waals surface area contributed by atoms with Gasteiger partial charge in [-0.15, -0.1) is 5.10 Å². The number of nitro benzene ring substituents is 1. The summed E-state index contributed by atoms with van der Waals surface area (Å²) in [5.41, 5.74) is 2.28. The largest absolute Gasteiger partial charge is 0.328 e. The first-order valence-electron chi connectivity index (χ1n) is 10.6. The number of non-ortho nitro benzene ring substituents is 1. The number of halogens is 1. The second kappa shape index (κ2) is 8.99. The van der Waals surface area contributed by atoms with Crippen molar-refractivity contribution in [3.63, 3.8) is 0 Å². The number of anilines is 2. The van der Waals surface area contributed by atoms with Crippen LogP contribution in [0.3, 0.4) is 0 Å². The third-order valence-corrected chi connectivity index (χ3v) is 5.78. The van der Waals surface area contributed by atoms with Crippen molar-refractivity contribution in [2.24, 2.45) is 0 Å². The first-order valence-corrected chi connectivity index (χ1v) is 11.0. The number of benzene rings is 2. The number of carbonyl (C=O) groups excluding carboxylic acids is 1. The standard InChI is InChI=1S/C24H18ClN7O3/c1-14-20(23(33)28-19-4-2-3-13-26-19)21(15-7-11-18(12-8-15)32(34)35)31-24(27-14)29-22(30-31)16-5-9-17(25)10-6-16/h2-13,21H,1H3,(H,26,28,33)(H,27,29,30). The lowest BCUT2D eigenvalue weighted by atomic mass is 9.95. The fourth-order valence-corrected chi connectivity index (χ4v) is 4.00. The molecular formula is C24H18ClN7O3. The maximum Gasteiger partial charge on any atom is 0.269 e. The lowest BCUT2D eigenvalue weighted by Crippen LogP contribution is -2.31. The van der Waals surface area contributed by atoms with Crippen LogP contribution in [0.2, 0.25) is 5.02 Å². The Morgan fingerprint density at radius 1 is 1.11 bits per heavy atom. The first kappa shape index (κ1) is 22.2. The summed E-state index contributed by atoms with van der Waals surface area (Å²) in [6.07, 6.45) is 1.58. The maximum atomic E-state index is 13.4. The monoisotopic (exact) mass is 487 g/mol. The van der Waals surface area contributed by atoms with E-state index in [0.29, 0.717) is 39.4 Å². The van der Waals surface area contributed by atoms with Crippen LogP contribution in [0.4, 0.5) is 17.5 Å². The van der Waals surface area contributed by atoms with Crippen LogP contribution in [0.15, 0.2) is 84.2 Å². The van der Waals surface area contributed by atoms with Crippen LogP contribution < -0.4 is 10.6 Å². The highest BCUT2D eigenvalue weighted by Gasteiger charge is 2.35. The van der Waals surface area contributed by atoms with Crippen LogP contribution in [0.1, 0.15) is 18.5 Å². The zero-order chi connectivity index (χ0) is 24.5. The molecule has 2 aromatic carbocycles. The van der Waals surface area contributed by atoms with E-state index in [0.717, 1.165) is 5.56 Å². The first-order chi connectivity index (χ1) is 16.9. The number of allylic oxidation sites excluding steroid dienone is 1. The maximum absolute atomic E-state index is 13.4. The normalized spacial score (nSPS) is 14.7. The van der Waals surface area contributed by atoms with Gasteiger partial charge in [-0.3, -0.25) is 14.9 Å². The van der Waals surface area contributed by atoms with Gasteiger partial charge < -0.3 is 10.6 Å². The number of nitrogens with one attached hydrogen (secondary N) is 2. The molecule has 1 aliphatic heterocycles. The molecule has 4 aromatic rings. The number of nitrogens with zero attached hydrogens (tertiary/aromatic N) is 5. The molecule has 1 atom stereocenters. The number of hydrogen-bond acceptors (Lipinski definition) is 7. The Hall–Kier alpha value is -4.57. The van der Waals surface area contributed by atoms with Gasteiger partial charge in [0.2, 0.25) is 5.95 Å². The topological polar surface area (TPSA) is 128 Å². The Kier molecular flexibility index (Phi) is 5.71. The van der Waals surface area contributed by atoms with E-state index in [1.165, 1.54) is 12.1 Å². The van der Waals surface area contributed by atoms with E-state index in [1.807, 2.05) is 0 Å². The summed E-state index contributed by atoms with van der Waals surface area (Å²) in [7, 11) is 0. The molecule has 0 saturated heterocycles. The van der Waals surface area contributed by atoms with Crippen molar-refractivity contribution in [2.75, 3.05) is 10.6 Å². The molecule has 0 fully saturated rings. The quantitative estimate of drug-likeness (QED) is 0.305. The van der Waals surface area contributed by atoms with Gasteiger partial charge in [0.15, 0.2) is 5.82 Å². The summed E-state index contributed by atoms with van der Waals surface area (Å²) in [6.45, 7) is 1.77. The van der Waals surface area contributed by atoms with E-state index in [9.17, 15) is 14.9 Å². The Bertz CT molecular complexity index is 1450. The number of aromatic nitrogens is 4. The molecule has 3 heterocycles. The van der Waals surface area contributed by atoms with Gasteiger partial charge in [0.05, 0.1) is 10.5 Å². The fraction of sp³-hybridized carbons (Fsp3) is 0.0833. The molecule has 0 aliphatic carbocycles. The lowest BCUT2D eigenvalue weighted by Gasteiger charge is -2.28. The van der Waals surface area contributed by atoms with Crippen LogP contribution in [-0.2, 0) is 4.79 Å². The number of amides is 1. The molecular weight excluding hydrogens is 470 g/mol. The molecule has 0 bridgehead atoms. The fourth-order valence-electron chi connectivity index (χ4n) is 3.87. The average Bonchev–Trinajstić information content (AvgIpc) is 3.27. The smallest absolute Gasteiger partial charge is 0.269 e. The molecule has 174 valence electrons. The number of fused-ring (bicyclic) bond motifs is 1. The molecule has 0 saturated carbocycles. The van der Waals surface area contributed by atoms with Crippen LogP contribution in [0, 0.1) is 10.1 Å². The SMILES string of the molecule is CC1=C(C(=O)Nc2ccccn2)C(c2ccc([N+](=O)[O-])cc2)n2nc(-c3ccc(Cl)cc3)nc2N1. The number of carbonyl (C=O) groups is 1. The summed E-state index contributed by atoms with van der Waals surface area (Å²) in [6, 6.07) is 17.6. The van der Waals surface area contributed by atoms with E-state index >= 15 is 0 Å². The highest BCUT2D eigenvalue weighted by molar-refractivity contribution is 6.30. The molecule has 5 rings (SSSR count). The van der Waals surface area contributed by atoms with Crippen molar-refractivity contribution in [1.29, 1.82) is 0 Å². The number of hydrogen-bond donors (Lipinski definition) is 2. The Balaban J connectivity index is 1.60. The van der Waals surface area contributed by atoms with E-state index in [1.54, 1.807) is 72.4 Å². The van der Waals surface area contributed by atoms with Crippen molar-refractivity contribution < 1.29 is 9.72 Å². The van der Waals surface area contributed by atoms with E-state index in [-0.39, 0.29) is 11.6 Å². The minimum Gasteiger partial charge on any atom is -0.328 e. The summed E-state index contributed by atoms with van der Waals surface area (Å²) in [5.74, 6) is 0.887. The van der Waals surface area contributed by atoms with Crippen molar-refractivity contribution in [1.82, 2.24) is 19.7 Å². The van der Waals surface area contributed by atoms with Crippen LogP contribution in [0.25, 0.3) is 11.4 Å². The molecule has 11 heteroatoms. The molecule has 1 unspecified atom stereocenters. The zero-order valence-electron chi connectivity index (χ0n) is 18.3. The van der Waals surface area contributed by atoms with Crippen LogP contribution >= 0.6 is 11.6 Å². The van der Waals surface area contributed by atoms with Crippen LogP contribution in [-0.4, -0.2) is 30.6 Å². The lowest BCUT2D eigenvalue weighted by molar-refractivity contribution is -0.384. The molecule has 2 N–H and O–H groups in total. The number of pyridine rings is 1. The van der Waals surface area contributed by atoms with Crippen molar-refractivity contribution >= 4 is 35.0 Å². The predicted molar refractivity (Wildman–Crippen MR) is 131 cm³/mol. The average molecular weight is 488 g/mol. The van der Waals surface area contributed by atoms with Crippen molar-refractivity contribution in [2.45, 2.75) is 13.0 Å². The summed E-state index contributed by atoms with van der Waals surface area (Å²) >= 11 is 6.02. The van der Waals surface area contributed by atoms with E-state index in [2.05, 4.69) is 25.7 Å². The Labute approximate surface area is 204 Å². The third kappa shape index (κ3) is 4.34. The van der Waals surface area contributed by atoms with Gasteiger partial charge in [0.1, 0.15) is 11.9 Å². The summed E-state index contributed by atoms with van der Waals surface area (Å²) in [5, 5.41) is 22.4. The van der Waals surface area contributed by atoms with Gasteiger partial charge in [-0.05, 0) is 61.0 Å². The second-order valence-electron chi connectivity index (χ2n) is 7.79. The molecule has 0 spiro atoms. The highest BCUT2D eigenvalue weighted by atomic mass is 35.5. The molecule has 1 aliphatic rings. The minimum absolute atomic E-state index is 0.0523. The van der Waals surface area contributed by atoms with E-state index < -0.39 is 11.0 Å². The van der Waals surface area contributed by atoms with Gasteiger partial charge in [-0.1, -0.05) is 17.7 Å². The van der Waals surface area contributed by atoms with E-state index in [4.69, 9.17) is 11.6 Å². The zero-order valence-corrected chi connectivity index (χ0v) is 19.1. The Morgan fingerprint density at radius 3 is 2.51 bits per heavy atom. The molecule has 10 nitrogen and oxygen atoms in total. The number of nitro groups is 1. The molecule has 1 amide bonds. The molecule has 2 aromatic heterocycles. The third-order valence-electron chi connectivity index (χ3n) is 5.53. The molecule has 0 radical (unpaired) electrons. The minimum atomic E-state index is -0.690. The Morgan fingerprint density at radius 2 is 1.86 bits per heavy atom. The summed E-state index contributed by atoms with van der Waals surface area (Å²) < 4.78 is 1.60. The van der Waals surface area contributed by atoms with Gasteiger partial charge in [-0.2, -0.15) is 4.98 Å². The van der Waals surface area contributed by atoms with Gasteiger partial charge in [0.25, 0.3) is 11.6 Å². The predicted octanol–water partition coefficient (Wildman–Crippen LogP) is 4.83. The number of rotatable bonds is 5. The second-order valence-corrected chi connectivity index (χ2v) is 8.23.